The molecule has 0 radical (unpaired) electrons. The van der Waals surface area contributed by atoms with Gasteiger partial charge in [-0.15, -0.1) is 10.2 Å². The molecule has 9 heteroatoms. The maximum absolute atomic E-state index is 13.1. The molecule has 1 aliphatic rings. The van der Waals surface area contributed by atoms with E-state index < -0.39 is 17.9 Å². The summed E-state index contributed by atoms with van der Waals surface area (Å²) in [6, 6.07) is 11.6. The van der Waals surface area contributed by atoms with Gasteiger partial charge in [-0.3, -0.25) is 14.4 Å². The first-order valence-corrected chi connectivity index (χ1v) is 11.1. The number of amides is 1. The monoisotopic (exact) mass is 465 g/mol. The zero-order valence-electron chi connectivity index (χ0n) is 18.5. The van der Waals surface area contributed by atoms with Crippen molar-refractivity contribution in [3.63, 3.8) is 0 Å². The van der Waals surface area contributed by atoms with Gasteiger partial charge in [0.15, 0.2) is 5.82 Å². The Kier molecular flexibility index (Phi) is 6.29. The summed E-state index contributed by atoms with van der Waals surface area (Å²) >= 11 is 6.49. The number of fused-ring (bicyclic) bond motifs is 3. The maximum atomic E-state index is 13.1. The lowest BCUT2D eigenvalue weighted by molar-refractivity contribution is -0.140. The average Bonchev–Trinajstić information content (AvgIpc) is 3.08. The molecule has 33 heavy (non-hydrogen) atoms. The Morgan fingerprint density at radius 1 is 1.18 bits per heavy atom. The van der Waals surface area contributed by atoms with Gasteiger partial charge in [-0.1, -0.05) is 50.1 Å². The molecule has 2 aromatic carbocycles. The second-order valence-corrected chi connectivity index (χ2v) is 8.46. The molecule has 0 unspecified atom stereocenters. The zero-order valence-corrected chi connectivity index (χ0v) is 19.3. The van der Waals surface area contributed by atoms with Crippen LogP contribution in [0.15, 0.2) is 47.5 Å². The van der Waals surface area contributed by atoms with Crippen molar-refractivity contribution in [3.05, 3.63) is 75.8 Å². The molecule has 8 nitrogen and oxygen atoms in total. The van der Waals surface area contributed by atoms with E-state index in [0.29, 0.717) is 46.5 Å². The Morgan fingerprint density at radius 2 is 1.94 bits per heavy atom. The molecular formula is C24H24ClN5O3. The minimum absolute atomic E-state index is 0.213. The number of benzene rings is 2. The smallest absolute Gasteiger partial charge is 0.326 e. The summed E-state index contributed by atoms with van der Waals surface area (Å²) in [4.78, 5) is 29.5. The van der Waals surface area contributed by atoms with Crippen LogP contribution >= 0.6 is 11.6 Å². The van der Waals surface area contributed by atoms with E-state index in [1.165, 1.54) is 0 Å². The third-order valence-corrected chi connectivity index (χ3v) is 6.25. The van der Waals surface area contributed by atoms with Crippen molar-refractivity contribution in [1.82, 2.24) is 20.1 Å². The first-order chi connectivity index (χ1) is 15.8. The van der Waals surface area contributed by atoms with E-state index in [1.54, 1.807) is 31.2 Å². The lowest BCUT2D eigenvalue weighted by Crippen LogP contribution is -2.45. The lowest BCUT2D eigenvalue weighted by atomic mass is 9.96. The van der Waals surface area contributed by atoms with Crippen molar-refractivity contribution in [2.75, 3.05) is 0 Å². The van der Waals surface area contributed by atoms with E-state index in [4.69, 9.17) is 16.6 Å². The van der Waals surface area contributed by atoms with Crippen molar-refractivity contribution in [2.24, 2.45) is 10.9 Å². The fourth-order valence-electron chi connectivity index (χ4n) is 3.91. The molecule has 2 N–H and O–H groups in total. The second kappa shape index (κ2) is 9.15. The number of carbonyl (C=O) groups is 2. The van der Waals surface area contributed by atoms with E-state index >= 15 is 0 Å². The molecular weight excluding hydrogens is 442 g/mol. The van der Waals surface area contributed by atoms with Gasteiger partial charge in [-0.25, -0.2) is 4.79 Å². The Hall–Kier alpha value is -3.52. The maximum Gasteiger partial charge on any atom is 0.326 e. The summed E-state index contributed by atoms with van der Waals surface area (Å²) in [7, 11) is 0. The summed E-state index contributed by atoms with van der Waals surface area (Å²) in [6.07, 6.45) is 0.625. The molecule has 1 amide bonds. The molecule has 1 aromatic heterocycles. The molecule has 2 atom stereocenters. The number of aliphatic imine (C=N–C) groups is 1. The third kappa shape index (κ3) is 4.26. The highest BCUT2D eigenvalue weighted by atomic mass is 35.5. The van der Waals surface area contributed by atoms with Crippen LogP contribution < -0.4 is 5.32 Å². The Labute approximate surface area is 196 Å². The quantitative estimate of drug-likeness (QED) is 0.575. The van der Waals surface area contributed by atoms with Gasteiger partial charge in [-0.05, 0) is 37.1 Å². The van der Waals surface area contributed by atoms with Gasteiger partial charge >= 0.3 is 5.97 Å². The van der Waals surface area contributed by atoms with Crippen molar-refractivity contribution < 1.29 is 14.7 Å². The van der Waals surface area contributed by atoms with E-state index in [0.717, 1.165) is 11.3 Å². The number of nitrogens with one attached hydrogen (secondary N) is 1. The molecule has 4 rings (SSSR count). The standard InChI is InChI=1S/C24H24ClN5O3/c1-4-13(2)21(24(32)33)27-23(31)15-9-10-19-17(11-15)22(16-7-5-6-8-18(16)25)26-12-20-29-28-14(3)30(19)20/h5-11,13,21H,4,12H2,1-3H3,(H,27,31)(H,32,33)/t13-,21-/m0/s1. The van der Waals surface area contributed by atoms with Crippen LogP contribution in [0.3, 0.4) is 0 Å². The predicted octanol–water partition coefficient (Wildman–Crippen LogP) is 3.81. The van der Waals surface area contributed by atoms with E-state index in [-0.39, 0.29) is 5.92 Å². The van der Waals surface area contributed by atoms with E-state index in [2.05, 4.69) is 15.5 Å². The van der Waals surface area contributed by atoms with Crippen molar-refractivity contribution in [3.8, 4) is 5.69 Å². The second-order valence-electron chi connectivity index (χ2n) is 8.05. The molecule has 170 valence electrons. The normalized spacial score (nSPS) is 14.4. The zero-order chi connectivity index (χ0) is 23.7. The number of halogens is 1. The van der Waals surface area contributed by atoms with Gasteiger partial charge < -0.3 is 10.4 Å². The number of carbonyl (C=O) groups excluding carboxylic acids is 1. The van der Waals surface area contributed by atoms with Crippen LogP contribution in [-0.4, -0.2) is 43.5 Å². The fourth-order valence-corrected chi connectivity index (χ4v) is 4.14. The minimum Gasteiger partial charge on any atom is -0.480 e. The third-order valence-electron chi connectivity index (χ3n) is 5.92. The number of carboxylic acid groups (broad SMARTS) is 1. The first-order valence-electron chi connectivity index (χ1n) is 10.7. The van der Waals surface area contributed by atoms with E-state index in [9.17, 15) is 14.7 Å². The molecule has 0 bridgehead atoms. The summed E-state index contributed by atoms with van der Waals surface area (Å²) in [5, 5.41) is 21.2. The number of carboxylic acids is 1. The van der Waals surface area contributed by atoms with E-state index in [1.807, 2.05) is 36.6 Å². The highest BCUT2D eigenvalue weighted by Crippen LogP contribution is 2.29. The minimum atomic E-state index is -1.06. The van der Waals surface area contributed by atoms with Crippen LogP contribution in [0.1, 0.15) is 53.4 Å². The van der Waals surface area contributed by atoms with Crippen LogP contribution in [0.5, 0.6) is 0 Å². The topological polar surface area (TPSA) is 109 Å². The van der Waals surface area contributed by atoms with Gasteiger partial charge in [0.05, 0.1) is 11.4 Å². The van der Waals surface area contributed by atoms with Crippen molar-refractivity contribution in [1.29, 1.82) is 0 Å². The van der Waals surface area contributed by atoms with Gasteiger partial charge in [0, 0.05) is 21.7 Å². The SMILES string of the molecule is CC[C@H](C)[C@H](NC(=O)c1ccc2c(c1)C(c1ccccc1Cl)=NCc1nnc(C)n1-2)C(=O)O. The van der Waals surface area contributed by atoms with Gasteiger partial charge in [0.2, 0.25) is 0 Å². The van der Waals surface area contributed by atoms with Crippen molar-refractivity contribution in [2.45, 2.75) is 39.8 Å². The van der Waals surface area contributed by atoms with Crippen LogP contribution in [0.25, 0.3) is 5.69 Å². The summed E-state index contributed by atoms with van der Waals surface area (Å²) in [6.45, 7) is 5.84. The molecule has 0 saturated carbocycles. The van der Waals surface area contributed by atoms with Crippen LogP contribution in [-0.2, 0) is 11.3 Å². The van der Waals surface area contributed by atoms with Gasteiger partial charge in [-0.2, -0.15) is 0 Å². The molecule has 0 fully saturated rings. The largest absolute Gasteiger partial charge is 0.480 e. The Balaban J connectivity index is 1.83. The van der Waals surface area contributed by atoms with Crippen LogP contribution in [0, 0.1) is 12.8 Å². The first kappa shape index (κ1) is 22.7. The molecule has 0 spiro atoms. The molecule has 2 heterocycles. The number of aromatic nitrogens is 3. The summed E-state index contributed by atoms with van der Waals surface area (Å²) in [5.41, 5.74) is 3.16. The number of hydrogen-bond donors (Lipinski definition) is 2. The lowest BCUT2D eigenvalue weighted by Gasteiger charge is -2.21. The molecule has 0 saturated heterocycles. The predicted molar refractivity (Wildman–Crippen MR) is 125 cm³/mol. The number of rotatable bonds is 6. The fraction of sp³-hybridized carbons (Fsp3) is 0.292. The summed E-state index contributed by atoms with van der Waals surface area (Å²) in [5.74, 6) is -0.364. The molecule has 0 aliphatic carbocycles. The van der Waals surface area contributed by atoms with Gasteiger partial charge in [0.1, 0.15) is 18.4 Å². The highest BCUT2D eigenvalue weighted by Gasteiger charge is 2.28. The van der Waals surface area contributed by atoms with Crippen LogP contribution in [0.4, 0.5) is 0 Å². The van der Waals surface area contributed by atoms with Gasteiger partial charge in [0.25, 0.3) is 5.91 Å². The highest BCUT2D eigenvalue weighted by molar-refractivity contribution is 6.35. The number of hydrogen-bond acceptors (Lipinski definition) is 5. The van der Waals surface area contributed by atoms with Crippen molar-refractivity contribution >= 4 is 29.2 Å². The number of nitrogens with zero attached hydrogens (tertiary/aromatic N) is 4. The Bertz CT molecular complexity index is 1270. The van der Waals surface area contributed by atoms with Crippen LogP contribution in [0.2, 0.25) is 5.02 Å². The summed E-state index contributed by atoms with van der Waals surface area (Å²) < 4.78 is 1.91. The Morgan fingerprint density at radius 3 is 2.64 bits per heavy atom. The number of aryl methyl sites for hydroxylation is 1. The molecule has 1 aliphatic heterocycles. The average molecular weight is 466 g/mol. The molecule has 3 aromatic rings. The number of aliphatic carboxylic acids is 1.